The van der Waals surface area contributed by atoms with Crippen LogP contribution in [0.25, 0.3) is 0 Å². The molecular formula is C21H14F7NO. The molecule has 9 heteroatoms. The quantitative estimate of drug-likeness (QED) is 0.321. The fraction of sp³-hybridized carbons (Fsp3) is 0.0952. The van der Waals surface area contributed by atoms with Gasteiger partial charge in [0.2, 0.25) is 0 Å². The summed E-state index contributed by atoms with van der Waals surface area (Å²) in [5.74, 6) is -6.00. The second kappa shape index (κ2) is 8.98. The monoisotopic (exact) mass is 429 g/mol. The molecule has 1 amide bonds. The summed E-state index contributed by atoms with van der Waals surface area (Å²) < 4.78 is 93.7. The third-order valence-electron chi connectivity index (χ3n) is 3.99. The highest BCUT2D eigenvalue weighted by atomic mass is 19.4. The van der Waals surface area contributed by atoms with Crippen molar-refractivity contribution in [2.75, 3.05) is 5.32 Å². The van der Waals surface area contributed by atoms with Crippen molar-refractivity contribution in [1.82, 2.24) is 0 Å². The molecule has 0 aliphatic carbocycles. The van der Waals surface area contributed by atoms with Crippen LogP contribution in [0, 0.1) is 11.6 Å². The lowest BCUT2D eigenvalue weighted by atomic mass is 9.98. The van der Waals surface area contributed by atoms with E-state index in [2.05, 4.69) is 18.5 Å². The minimum atomic E-state index is -4.84. The Kier molecular flexibility index (Phi) is 6.86. The Morgan fingerprint density at radius 1 is 1.03 bits per heavy atom. The topological polar surface area (TPSA) is 29.1 Å². The molecule has 0 aromatic heterocycles. The van der Waals surface area contributed by atoms with Crippen molar-refractivity contribution < 1.29 is 35.5 Å². The average Bonchev–Trinajstić information content (AvgIpc) is 2.64. The van der Waals surface area contributed by atoms with Crippen LogP contribution in [0.3, 0.4) is 0 Å². The van der Waals surface area contributed by atoms with Crippen LogP contribution in [0.4, 0.5) is 36.4 Å². The maximum absolute atomic E-state index is 14.4. The number of benzene rings is 2. The summed E-state index contributed by atoms with van der Waals surface area (Å²) in [6.07, 6.45) is -4.76. The highest BCUT2D eigenvalue weighted by molar-refractivity contribution is 6.07. The number of amides is 1. The fourth-order valence-corrected chi connectivity index (χ4v) is 2.60. The minimum absolute atomic E-state index is 0.173. The number of allylic oxidation sites excluding steroid dienone is 2. The highest BCUT2D eigenvalue weighted by Crippen LogP contribution is 2.34. The predicted octanol–water partition coefficient (Wildman–Crippen LogP) is 6.41. The van der Waals surface area contributed by atoms with Gasteiger partial charge in [0.05, 0.1) is 5.56 Å². The van der Waals surface area contributed by atoms with Gasteiger partial charge in [-0.2, -0.15) is 13.2 Å². The van der Waals surface area contributed by atoms with Gasteiger partial charge in [-0.15, -0.1) is 0 Å². The summed E-state index contributed by atoms with van der Waals surface area (Å²) in [6.45, 7) is 5.90. The SMILES string of the molecule is C=C/C(F)=C(\C(=C)F)C(=O)Nc1ccc(Cc2ccc(F)cc2C(F)(F)F)c(F)c1. The smallest absolute Gasteiger partial charge is 0.322 e. The molecular weight excluding hydrogens is 415 g/mol. The third kappa shape index (κ3) is 5.37. The summed E-state index contributed by atoms with van der Waals surface area (Å²) in [6, 6.07) is 5.03. The van der Waals surface area contributed by atoms with E-state index in [0.717, 1.165) is 30.3 Å². The molecule has 0 radical (unpaired) electrons. The van der Waals surface area contributed by atoms with Gasteiger partial charge < -0.3 is 5.32 Å². The molecule has 2 aromatic carbocycles. The Morgan fingerprint density at radius 3 is 2.20 bits per heavy atom. The van der Waals surface area contributed by atoms with Gasteiger partial charge in [0.25, 0.3) is 5.91 Å². The molecule has 0 atom stereocenters. The number of carbonyl (C=O) groups is 1. The molecule has 0 bridgehead atoms. The van der Waals surface area contributed by atoms with Crippen LogP contribution in [-0.4, -0.2) is 5.91 Å². The summed E-state index contributed by atoms with van der Waals surface area (Å²) in [5, 5.41) is 2.06. The fourth-order valence-electron chi connectivity index (χ4n) is 2.60. The first-order chi connectivity index (χ1) is 13.9. The molecule has 30 heavy (non-hydrogen) atoms. The molecule has 0 saturated heterocycles. The molecule has 1 N–H and O–H groups in total. The van der Waals surface area contributed by atoms with Crippen LogP contribution in [0.1, 0.15) is 16.7 Å². The summed E-state index contributed by atoms with van der Waals surface area (Å²) in [7, 11) is 0. The van der Waals surface area contributed by atoms with E-state index in [1.807, 2.05) is 0 Å². The van der Waals surface area contributed by atoms with E-state index in [1.54, 1.807) is 0 Å². The largest absolute Gasteiger partial charge is 0.416 e. The Labute approximate surface area is 167 Å². The second-order valence-electron chi connectivity index (χ2n) is 6.07. The summed E-state index contributed by atoms with van der Waals surface area (Å²) in [5.41, 5.74) is -3.00. The lowest BCUT2D eigenvalue weighted by Gasteiger charge is -2.14. The summed E-state index contributed by atoms with van der Waals surface area (Å²) in [4.78, 5) is 12.0. The van der Waals surface area contributed by atoms with Crippen molar-refractivity contribution in [3.05, 3.63) is 101 Å². The Morgan fingerprint density at radius 2 is 1.67 bits per heavy atom. The molecule has 158 valence electrons. The number of anilines is 1. The number of hydrogen-bond donors (Lipinski definition) is 1. The zero-order valence-corrected chi connectivity index (χ0v) is 15.2. The van der Waals surface area contributed by atoms with Crippen LogP contribution in [0.15, 0.2) is 72.9 Å². The van der Waals surface area contributed by atoms with Gasteiger partial charge in [0.1, 0.15) is 28.9 Å². The zero-order chi connectivity index (χ0) is 22.6. The van der Waals surface area contributed by atoms with Crippen LogP contribution < -0.4 is 5.32 Å². The molecule has 0 spiro atoms. The molecule has 0 aliphatic heterocycles. The van der Waals surface area contributed by atoms with Crippen molar-refractivity contribution in [3.63, 3.8) is 0 Å². The van der Waals surface area contributed by atoms with E-state index in [9.17, 15) is 35.5 Å². The minimum Gasteiger partial charge on any atom is -0.322 e. The molecule has 2 nitrogen and oxygen atoms in total. The van der Waals surface area contributed by atoms with E-state index < -0.39 is 52.9 Å². The van der Waals surface area contributed by atoms with E-state index in [4.69, 9.17) is 0 Å². The number of halogens is 7. The Balaban J connectivity index is 2.30. The first-order valence-corrected chi connectivity index (χ1v) is 8.26. The van der Waals surface area contributed by atoms with Gasteiger partial charge in [-0.1, -0.05) is 25.3 Å². The van der Waals surface area contributed by atoms with Crippen molar-refractivity contribution >= 4 is 11.6 Å². The number of nitrogens with one attached hydrogen (secondary N) is 1. The lowest BCUT2D eigenvalue weighted by Crippen LogP contribution is -2.16. The van der Waals surface area contributed by atoms with Crippen LogP contribution >= 0.6 is 0 Å². The van der Waals surface area contributed by atoms with Crippen molar-refractivity contribution in [2.24, 2.45) is 0 Å². The zero-order valence-electron chi connectivity index (χ0n) is 15.2. The predicted molar refractivity (Wildman–Crippen MR) is 97.8 cm³/mol. The van der Waals surface area contributed by atoms with Gasteiger partial charge in [0.15, 0.2) is 0 Å². The third-order valence-corrected chi connectivity index (χ3v) is 3.99. The van der Waals surface area contributed by atoms with Crippen molar-refractivity contribution in [3.8, 4) is 0 Å². The van der Waals surface area contributed by atoms with Gasteiger partial charge >= 0.3 is 6.18 Å². The number of alkyl halides is 3. The molecule has 2 rings (SSSR count). The van der Waals surface area contributed by atoms with Gasteiger partial charge in [-0.25, -0.2) is 17.6 Å². The maximum Gasteiger partial charge on any atom is 0.416 e. The van der Waals surface area contributed by atoms with E-state index >= 15 is 0 Å². The summed E-state index contributed by atoms with van der Waals surface area (Å²) >= 11 is 0. The maximum atomic E-state index is 14.4. The van der Waals surface area contributed by atoms with Gasteiger partial charge in [-0.05, 0) is 41.5 Å². The van der Waals surface area contributed by atoms with Gasteiger partial charge in [-0.3, -0.25) is 4.79 Å². The molecule has 2 aromatic rings. The molecule has 0 aliphatic rings. The van der Waals surface area contributed by atoms with Crippen LogP contribution in [0.2, 0.25) is 0 Å². The molecule has 0 saturated carbocycles. The molecule has 0 heterocycles. The number of hydrogen-bond acceptors (Lipinski definition) is 1. The van der Waals surface area contributed by atoms with Crippen molar-refractivity contribution in [1.29, 1.82) is 0 Å². The Hall–Kier alpha value is -3.36. The Bertz CT molecular complexity index is 1040. The van der Waals surface area contributed by atoms with E-state index in [1.165, 1.54) is 0 Å². The molecule has 0 unspecified atom stereocenters. The normalized spacial score (nSPS) is 12.2. The van der Waals surface area contributed by atoms with Crippen LogP contribution in [-0.2, 0) is 17.4 Å². The second-order valence-corrected chi connectivity index (χ2v) is 6.07. The number of carbonyl (C=O) groups excluding carboxylic acids is 1. The average molecular weight is 429 g/mol. The first kappa shape index (κ1) is 22.9. The van der Waals surface area contributed by atoms with E-state index in [-0.39, 0.29) is 16.8 Å². The first-order valence-electron chi connectivity index (χ1n) is 8.26. The lowest BCUT2D eigenvalue weighted by molar-refractivity contribution is -0.138. The van der Waals surface area contributed by atoms with E-state index in [0.29, 0.717) is 12.1 Å². The van der Waals surface area contributed by atoms with Gasteiger partial charge in [0, 0.05) is 12.1 Å². The number of rotatable bonds is 6. The van der Waals surface area contributed by atoms with Crippen LogP contribution in [0.5, 0.6) is 0 Å². The van der Waals surface area contributed by atoms with Crippen molar-refractivity contribution in [2.45, 2.75) is 12.6 Å². The standard InChI is InChI=1S/C21H14F7NO/c1-3-17(24)19(11(2)22)20(30)29-15-7-5-13(18(25)10-15)8-12-4-6-14(23)9-16(12)21(26,27)28/h3-7,9-10H,1-2,8H2,(H,29,30)/b19-17-. The molecule has 0 fully saturated rings. The highest BCUT2D eigenvalue weighted by Gasteiger charge is 2.33.